The van der Waals surface area contributed by atoms with E-state index in [1.165, 1.54) is 5.57 Å². The van der Waals surface area contributed by atoms with Gasteiger partial charge in [-0.15, -0.1) is 0 Å². The fourth-order valence-corrected chi connectivity index (χ4v) is 2.63. The van der Waals surface area contributed by atoms with Gasteiger partial charge >= 0.3 is 12.0 Å². The molecule has 2 aliphatic heterocycles. The van der Waals surface area contributed by atoms with Crippen molar-refractivity contribution in [3.8, 4) is 0 Å². The minimum absolute atomic E-state index is 0.00611. The quantitative estimate of drug-likeness (QED) is 0.720. The molecule has 0 aromatic rings. The average molecular weight is 252 g/mol. The SMILES string of the molecule is CC1=CCCN(C(=O)N2CCC[C@@H](C(=O)O)C2)C1. The van der Waals surface area contributed by atoms with Crippen molar-refractivity contribution in [1.82, 2.24) is 9.80 Å². The molecule has 1 atom stereocenters. The summed E-state index contributed by atoms with van der Waals surface area (Å²) in [6, 6.07) is -0.00611. The zero-order chi connectivity index (χ0) is 13.1. The summed E-state index contributed by atoms with van der Waals surface area (Å²) in [4.78, 5) is 26.8. The summed E-state index contributed by atoms with van der Waals surface area (Å²) in [6.45, 7) is 4.47. The van der Waals surface area contributed by atoms with E-state index in [1.807, 2.05) is 11.8 Å². The van der Waals surface area contributed by atoms with E-state index in [-0.39, 0.29) is 6.03 Å². The molecule has 5 heteroatoms. The molecule has 1 N–H and O–H groups in total. The largest absolute Gasteiger partial charge is 0.481 e. The predicted molar refractivity (Wildman–Crippen MR) is 67.3 cm³/mol. The standard InChI is InChI=1S/C13H20N2O3/c1-10-4-2-6-14(8-10)13(18)15-7-3-5-11(9-15)12(16)17/h4,11H,2-3,5-9H2,1H3,(H,16,17)/t11-/m1/s1. The lowest BCUT2D eigenvalue weighted by molar-refractivity contribution is -0.143. The molecule has 18 heavy (non-hydrogen) atoms. The van der Waals surface area contributed by atoms with Gasteiger partial charge in [0.15, 0.2) is 0 Å². The summed E-state index contributed by atoms with van der Waals surface area (Å²) in [7, 11) is 0. The number of carbonyl (C=O) groups is 2. The number of likely N-dealkylation sites (tertiary alicyclic amines) is 1. The van der Waals surface area contributed by atoms with Crippen LogP contribution in [0.3, 0.4) is 0 Å². The van der Waals surface area contributed by atoms with Gasteiger partial charge in [-0.25, -0.2) is 4.79 Å². The van der Waals surface area contributed by atoms with Crippen molar-refractivity contribution in [3.05, 3.63) is 11.6 Å². The van der Waals surface area contributed by atoms with Crippen LogP contribution in [0.1, 0.15) is 26.2 Å². The van der Waals surface area contributed by atoms with Gasteiger partial charge in [0.2, 0.25) is 0 Å². The molecule has 0 unspecified atom stereocenters. The molecule has 100 valence electrons. The molecule has 0 bridgehead atoms. The fourth-order valence-electron chi connectivity index (χ4n) is 2.63. The van der Waals surface area contributed by atoms with Crippen molar-refractivity contribution in [3.63, 3.8) is 0 Å². The third-order valence-electron chi connectivity index (χ3n) is 3.64. The first-order valence-electron chi connectivity index (χ1n) is 6.50. The highest BCUT2D eigenvalue weighted by Crippen LogP contribution is 2.19. The van der Waals surface area contributed by atoms with Crippen LogP contribution < -0.4 is 0 Å². The molecule has 0 saturated carbocycles. The number of amides is 2. The van der Waals surface area contributed by atoms with Crippen molar-refractivity contribution in [2.24, 2.45) is 5.92 Å². The van der Waals surface area contributed by atoms with Crippen LogP contribution in [0, 0.1) is 5.92 Å². The van der Waals surface area contributed by atoms with E-state index in [0.717, 1.165) is 19.4 Å². The second kappa shape index (κ2) is 5.42. The van der Waals surface area contributed by atoms with Crippen molar-refractivity contribution < 1.29 is 14.7 Å². The number of carboxylic acid groups (broad SMARTS) is 1. The van der Waals surface area contributed by atoms with Gasteiger partial charge in [-0.3, -0.25) is 4.79 Å². The minimum Gasteiger partial charge on any atom is -0.481 e. The highest BCUT2D eigenvalue weighted by molar-refractivity contribution is 5.77. The number of nitrogens with zero attached hydrogens (tertiary/aromatic N) is 2. The Bertz CT molecular complexity index is 378. The molecular weight excluding hydrogens is 232 g/mol. The van der Waals surface area contributed by atoms with Crippen LogP contribution in [-0.2, 0) is 4.79 Å². The van der Waals surface area contributed by atoms with Crippen LogP contribution in [0.25, 0.3) is 0 Å². The van der Waals surface area contributed by atoms with Gasteiger partial charge in [0.05, 0.1) is 5.92 Å². The first-order valence-corrected chi connectivity index (χ1v) is 6.50. The molecule has 0 radical (unpaired) electrons. The normalized spacial score (nSPS) is 24.7. The van der Waals surface area contributed by atoms with Crippen LogP contribution in [0.4, 0.5) is 4.79 Å². The maximum absolute atomic E-state index is 12.3. The minimum atomic E-state index is -0.790. The summed E-state index contributed by atoms with van der Waals surface area (Å²) in [6.07, 6.45) is 4.51. The van der Waals surface area contributed by atoms with Gasteiger partial charge < -0.3 is 14.9 Å². The monoisotopic (exact) mass is 252 g/mol. The van der Waals surface area contributed by atoms with E-state index in [4.69, 9.17) is 5.11 Å². The Labute approximate surface area is 107 Å². The number of carbonyl (C=O) groups excluding carboxylic acids is 1. The number of aliphatic carboxylic acids is 1. The number of urea groups is 1. The number of carboxylic acids is 1. The maximum atomic E-state index is 12.3. The Balaban J connectivity index is 1.96. The molecule has 0 spiro atoms. The summed E-state index contributed by atoms with van der Waals surface area (Å²) < 4.78 is 0. The zero-order valence-corrected chi connectivity index (χ0v) is 10.8. The number of hydrogen-bond donors (Lipinski definition) is 1. The van der Waals surface area contributed by atoms with Gasteiger partial charge in [-0.1, -0.05) is 11.6 Å². The van der Waals surface area contributed by atoms with E-state index < -0.39 is 11.9 Å². The lowest BCUT2D eigenvalue weighted by Gasteiger charge is -2.36. The number of rotatable bonds is 1. The molecule has 2 aliphatic rings. The van der Waals surface area contributed by atoms with E-state index >= 15 is 0 Å². The molecule has 1 fully saturated rings. The summed E-state index contributed by atoms with van der Waals surface area (Å²) >= 11 is 0. The van der Waals surface area contributed by atoms with Gasteiger partial charge in [0.25, 0.3) is 0 Å². The lowest BCUT2D eigenvalue weighted by Crippen LogP contribution is -2.50. The van der Waals surface area contributed by atoms with E-state index in [0.29, 0.717) is 26.1 Å². The maximum Gasteiger partial charge on any atom is 0.320 e. The number of piperidine rings is 1. The molecule has 1 saturated heterocycles. The van der Waals surface area contributed by atoms with Gasteiger partial charge in [-0.05, 0) is 26.2 Å². The molecule has 2 heterocycles. The molecule has 0 aromatic heterocycles. The Morgan fingerprint density at radius 1 is 1.33 bits per heavy atom. The van der Waals surface area contributed by atoms with Crippen molar-refractivity contribution in [2.45, 2.75) is 26.2 Å². The summed E-state index contributed by atoms with van der Waals surface area (Å²) in [5, 5.41) is 9.03. The highest BCUT2D eigenvalue weighted by Gasteiger charge is 2.30. The average Bonchev–Trinajstić information content (AvgIpc) is 2.38. The summed E-state index contributed by atoms with van der Waals surface area (Å²) in [5.41, 5.74) is 1.21. The molecule has 2 amide bonds. The Morgan fingerprint density at radius 2 is 2.11 bits per heavy atom. The molecule has 5 nitrogen and oxygen atoms in total. The van der Waals surface area contributed by atoms with E-state index in [2.05, 4.69) is 6.08 Å². The Morgan fingerprint density at radius 3 is 2.78 bits per heavy atom. The molecule has 0 aromatic carbocycles. The van der Waals surface area contributed by atoms with Crippen LogP contribution in [-0.4, -0.2) is 53.1 Å². The fraction of sp³-hybridized carbons (Fsp3) is 0.692. The van der Waals surface area contributed by atoms with E-state index in [1.54, 1.807) is 4.90 Å². The topological polar surface area (TPSA) is 60.9 Å². The van der Waals surface area contributed by atoms with Crippen LogP contribution in [0.2, 0.25) is 0 Å². The summed E-state index contributed by atoms with van der Waals surface area (Å²) in [5.74, 6) is -1.19. The van der Waals surface area contributed by atoms with Gasteiger partial charge in [0, 0.05) is 26.2 Å². The van der Waals surface area contributed by atoms with Crippen LogP contribution >= 0.6 is 0 Å². The van der Waals surface area contributed by atoms with Crippen LogP contribution in [0.15, 0.2) is 11.6 Å². The smallest absolute Gasteiger partial charge is 0.320 e. The predicted octanol–water partition coefficient (Wildman–Crippen LogP) is 1.56. The second-order valence-electron chi connectivity index (χ2n) is 5.17. The molecular formula is C13H20N2O3. The first-order chi connectivity index (χ1) is 8.58. The second-order valence-corrected chi connectivity index (χ2v) is 5.17. The van der Waals surface area contributed by atoms with Crippen molar-refractivity contribution in [1.29, 1.82) is 0 Å². The van der Waals surface area contributed by atoms with E-state index in [9.17, 15) is 9.59 Å². The third kappa shape index (κ3) is 2.83. The number of hydrogen-bond acceptors (Lipinski definition) is 2. The molecule has 0 aliphatic carbocycles. The van der Waals surface area contributed by atoms with Crippen molar-refractivity contribution in [2.75, 3.05) is 26.2 Å². The van der Waals surface area contributed by atoms with Crippen molar-refractivity contribution >= 4 is 12.0 Å². The highest BCUT2D eigenvalue weighted by atomic mass is 16.4. The third-order valence-corrected chi connectivity index (χ3v) is 3.64. The first kappa shape index (κ1) is 12.9. The van der Waals surface area contributed by atoms with Gasteiger partial charge in [-0.2, -0.15) is 0 Å². The van der Waals surface area contributed by atoms with Gasteiger partial charge in [0.1, 0.15) is 0 Å². The Hall–Kier alpha value is -1.52. The Kier molecular flexibility index (Phi) is 3.89. The van der Waals surface area contributed by atoms with Crippen LogP contribution in [0.5, 0.6) is 0 Å². The molecule has 2 rings (SSSR count). The lowest BCUT2D eigenvalue weighted by atomic mass is 9.98. The zero-order valence-electron chi connectivity index (χ0n) is 10.8.